The van der Waals surface area contributed by atoms with Gasteiger partial charge >= 0.3 is 5.97 Å². The van der Waals surface area contributed by atoms with Crippen molar-refractivity contribution in [2.45, 2.75) is 0 Å². The van der Waals surface area contributed by atoms with Crippen LogP contribution in [0.15, 0.2) is 29.4 Å². The molecule has 0 aliphatic carbocycles. The topological polar surface area (TPSA) is 88.0 Å². The van der Waals surface area contributed by atoms with E-state index in [1.807, 2.05) is 5.32 Å². The number of esters is 1. The minimum Gasteiger partial charge on any atom is -0.463 e. The summed E-state index contributed by atoms with van der Waals surface area (Å²) in [6.45, 7) is 0. The number of carbonyl (C=O) groups excluding carboxylic acids is 2. The number of nitrogens with zero attached hydrogens (tertiary/aromatic N) is 1. The highest BCUT2D eigenvalue weighted by Gasteiger charge is 2.14. The Hall–Kier alpha value is -2.05. The third kappa shape index (κ3) is 4.25. The van der Waals surface area contributed by atoms with E-state index in [1.54, 1.807) is 18.2 Å². The van der Waals surface area contributed by atoms with E-state index >= 15 is 0 Å². The molecule has 0 atom stereocenters. The monoisotopic (exact) mass is 316 g/mol. The lowest BCUT2D eigenvalue weighted by atomic mass is 10.2. The van der Waals surface area contributed by atoms with Gasteiger partial charge in [0.2, 0.25) is 5.91 Å². The van der Waals surface area contributed by atoms with Gasteiger partial charge in [-0.1, -0.05) is 34.4 Å². The number of methoxy groups -OCH3 is 1. The summed E-state index contributed by atoms with van der Waals surface area (Å²) in [4.78, 5) is 22.6. The molecule has 106 valence electrons. The number of hydrogen-bond acceptors (Lipinski definition) is 5. The minimum absolute atomic E-state index is 0.366. The molecule has 1 aromatic carbocycles. The summed E-state index contributed by atoms with van der Waals surface area (Å²) in [6.07, 6.45) is 2.45. The predicted octanol–water partition coefficient (Wildman–Crippen LogP) is 2.08. The van der Waals surface area contributed by atoms with Crippen LogP contribution in [0.4, 0.5) is 0 Å². The molecular formula is C12H10Cl2N2O4. The van der Waals surface area contributed by atoms with E-state index in [1.165, 1.54) is 6.08 Å². The molecule has 8 heteroatoms. The molecule has 0 aromatic heterocycles. The van der Waals surface area contributed by atoms with Gasteiger partial charge in [-0.3, -0.25) is 10.1 Å². The van der Waals surface area contributed by atoms with Gasteiger partial charge in [0.1, 0.15) is 0 Å². The van der Waals surface area contributed by atoms with Crippen molar-refractivity contribution in [2.24, 2.45) is 5.16 Å². The average molecular weight is 317 g/mol. The maximum absolute atomic E-state index is 11.5. The van der Waals surface area contributed by atoms with Gasteiger partial charge in [-0.25, -0.2) is 4.79 Å². The Morgan fingerprint density at radius 2 is 1.95 bits per heavy atom. The summed E-state index contributed by atoms with van der Waals surface area (Å²) in [6, 6.07) is 4.88. The highest BCUT2D eigenvalue weighted by atomic mass is 35.5. The average Bonchev–Trinajstić information content (AvgIpc) is 2.43. The fraction of sp³-hybridized carbons (Fsp3) is 0.0833. The number of oxime groups is 1. The van der Waals surface area contributed by atoms with E-state index in [9.17, 15) is 9.59 Å². The Bertz CT molecular complexity index is 565. The van der Waals surface area contributed by atoms with Gasteiger partial charge < -0.3 is 9.94 Å². The molecule has 0 heterocycles. The molecule has 6 nitrogen and oxygen atoms in total. The zero-order valence-electron chi connectivity index (χ0n) is 10.3. The fourth-order valence-electron chi connectivity index (χ4n) is 1.20. The van der Waals surface area contributed by atoms with Crippen LogP contribution in [-0.4, -0.2) is 30.0 Å². The van der Waals surface area contributed by atoms with Crippen molar-refractivity contribution >= 4 is 47.0 Å². The van der Waals surface area contributed by atoms with Crippen LogP contribution in [0.2, 0.25) is 10.0 Å². The Kier molecular flexibility index (Phi) is 6.02. The maximum Gasteiger partial charge on any atom is 0.377 e. The van der Waals surface area contributed by atoms with E-state index in [0.29, 0.717) is 15.6 Å². The lowest BCUT2D eigenvalue weighted by molar-refractivity contribution is -0.133. The van der Waals surface area contributed by atoms with Crippen molar-refractivity contribution in [3.8, 4) is 0 Å². The van der Waals surface area contributed by atoms with Crippen LogP contribution in [0.3, 0.4) is 0 Å². The van der Waals surface area contributed by atoms with Crippen molar-refractivity contribution < 1.29 is 19.5 Å². The Balaban J connectivity index is 2.81. The highest BCUT2D eigenvalue weighted by molar-refractivity contribution is 6.39. The van der Waals surface area contributed by atoms with Crippen LogP contribution in [0, 0.1) is 0 Å². The molecule has 20 heavy (non-hydrogen) atoms. The maximum atomic E-state index is 11.5. The van der Waals surface area contributed by atoms with Crippen LogP contribution < -0.4 is 5.32 Å². The first-order valence-corrected chi connectivity index (χ1v) is 5.98. The molecule has 1 amide bonds. The molecule has 0 saturated heterocycles. The lowest BCUT2D eigenvalue weighted by Crippen LogP contribution is -2.35. The molecule has 0 saturated carbocycles. The van der Waals surface area contributed by atoms with E-state index in [2.05, 4.69) is 9.89 Å². The lowest BCUT2D eigenvalue weighted by Gasteiger charge is -2.03. The van der Waals surface area contributed by atoms with Crippen LogP contribution in [0.5, 0.6) is 0 Å². The minimum atomic E-state index is -0.981. The van der Waals surface area contributed by atoms with Crippen molar-refractivity contribution in [3.63, 3.8) is 0 Å². The predicted molar refractivity (Wildman–Crippen MR) is 74.9 cm³/mol. The number of carbonyl (C=O) groups is 2. The molecule has 2 N–H and O–H groups in total. The number of hydrogen-bond donors (Lipinski definition) is 2. The quantitative estimate of drug-likeness (QED) is 0.218. The second-order valence-corrected chi connectivity index (χ2v) is 4.21. The zero-order valence-corrected chi connectivity index (χ0v) is 11.8. The van der Waals surface area contributed by atoms with Gasteiger partial charge in [0.05, 0.1) is 7.11 Å². The molecule has 0 aliphatic rings. The van der Waals surface area contributed by atoms with Crippen LogP contribution in [0.1, 0.15) is 5.56 Å². The number of benzene rings is 1. The number of rotatable bonds is 2. The third-order valence-electron chi connectivity index (χ3n) is 2.12. The molecule has 0 fully saturated rings. The summed E-state index contributed by atoms with van der Waals surface area (Å²) >= 11 is 11.8. The summed E-state index contributed by atoms with van der Waals surface area (Å²) < 4.78 is 4.29. The van der Waals surface area contributed by atoms with E-state index in [4.69, 9.17) is 28.4 Å². The number of nitrogens with one attached hydrogen (secondary N) is 1. The van der Waals surface area contributed by atoms with Gasteiger partial charge in [0, 0.05) is 21.7 Å². The first-order valence-electron chi connectivity index (χ1n) is 5.23. The molecule has 0 aliphatic heterocycles. The second kappa shape index (κ2) is 7.52. The number of amidine groups is 1. The first-order chi connectivity index (χ1) is 9.49. The molecule has 0 unspecified atom stereocenters. The Labute approximate surface area is 124 Å². The molecule has 0 radical (unpaired) electrons. The van der Waals surface area contributed by atoms with Gasteiger partial charge in [-0.05, 0) is 18.2 Å². The third-order valence-corrected chi connectivity index (χ3v) is 2.78. The number of halogens is 2. The summed E-state index contributed by atoms with van der Waals surface area (Å²) in [5.41, 5.74) is 0.450. The first kappa shape index (κ1) is 16.0. The van der Waals surface area contributed by atoms with E-state index in [0.717, 1.165) is 13.2 Å². The highest BCUT2D eigenvalue weighted by Crippen LogP contribution is 2.25. The van der Waals surface area contributed by atoms with Gasteiger partial charge in [0.15, 0.2) is 0 Å². The smallest absolute Gasteiger partial charge is 0.377 e. The SMILES string of the molecule is COC(=O)/C(=N\O)NC(=O)/C=C/c1c(Cl)cccc1Cl. The summed E-state index contributed by atoms with van der Waals surface area (Å²) in [7, 11) is 1.08. The standard InChI is InChI=1S/C12H10Cl2N2O4/c1-20-12(18)11(16-19)15-10(17)6-5-7-8(13)3-2-4-9(7)14/h2-6,19H,1H3,(H,15,16,17)/b6-5+. The molecule has 1 rings (SSSR count). The van der Waals surface area contributed by atoms with Crippen molar-refractivity contribution in [2.75, 3.05) is 7.11 Å². The van der Waals surface area contributed by atoms with Crippen molar-refractivity contribution in [3.05, 3.63) is 39.9 Å². The second-order valence-electron chi connectivity index (χ2n) is 3.40. The van der Waals surface area contributed by atoms with Gasteiger partial charge in [-0.15, -0.1) is 0 Å². The van der Waals surface area contributed by atoms with Crippen LogP contribution in [0.25, 0.3) is 6.08 Å². The largest absolute Gasteiger partial charge is 0.463 e. The Morgan fingerprint density at radius 1 is 1.35 bits per heavy atom. The van der Waals surface area contributed by atoms with E-state index in [-0.39, 0.29) is 0 Å². The molecule has 1 aromatic rings. The Morgan fingerprint density at radius 3 is 2.45 bits per heavy atom. The van der Waals surface area contributed by atoms with E-state index < -0.39 is 17.7 Å². The summed E-state index contributed by atoms with van der Waals surface area (Å²) in [5, 5.41) is 13.9. The van der Waals surface area contributed by atoms with Crippen LogP contribution in [-0.2, 0) is 14.3 Å². The van der Waals surface area contributed by atoms with Crippen molar-refractivity contribution in [1.29, 1.82) is 0 Å². The normalized spacial score (nSPS) is 11.4. The van der Waals surface area contributed by atoms with Crippen molar-refractivity contribution in [1.82, 2.24) is 5.32 Å². The van der Waals surface area contributed by atoms with Gasteiger partial charge in [0.25, 0.3) is 5.84 Å². The molecule has 0 bridgehead atoms. The number of amides is 1. The number of ether oxygens (including phenoxy) is 1. The van der Waals surface area contributed by atoms with Gasteiger partial charge in [-0.2, -0.15) is 0 Å². The van der Waals surface area contributed by atoms with Crippen LogP contribution >= 0.6 is 23.2 Å². The summed E-state index contributed by atoms with van der Waals surface area (Å²) in [5.74, 6) is -2.32. The zero-order chi connectivity index (χ0) is 15.1. The molecule has 0 spiro atoms. The molecular weight excluding hydrogens is 307 g/mol. The fourth-order valence-corrected chi connectivity index (χ4v) is 1.72.